The van der Waals surface area contributed by atoms with Crippen molar-refractivity contribution in [1.82, 2.24) is 10.9 Å². The normalized spacial score (nSPS) is 21.9. The lowest BCUT2D eigenvalue weighted by atomic mass is 10.1. The van der Waals surface area contributed by atoms with Crippen molar-refractivity contribution in [2.24, 2.45) is 0 Å². The molecule has 1 aliphatic heterocycles. The molecule has 1 saturated heterocycles. The Kier molecular flexibility index (Phi) is 3.49. The zero-order valence-electron chi connectivity index (χ0n) is 10.6. The highest BCUT2D eigenvalue weighted by Crippen LogP contribution is 2.23. The van der Waals surface area contributed by atoms with Gasteiger partial charge < -0.3 is 9.73 Å². The summed E-state index contributed by atoms with van der Waals surface area (Å²) in [7, 11) is 0. The summed E-state index contributed by atoms with van der Waals surface area (Å²) in [6.07, 6.45) is 2.12. The lowest BCUT2D eigenvalue weighted by molar-refractivity contribution is -0.117. The molecule has 2 unspecified atom stereocenters. The Balaban J connectivity index is 1.63. The number of hydrogen-bond donors (Lipinski definition) is 3. The van der Waals surface area contributed by atoms with E-state index in [1.54, 1.807) is 24.5 Å². The highest BCUT2D eigenvalue weighted by atomic mass is 19.1. The Morgan fingerprint density at radius 3 is 2.85 bits per heavy atom. The first-order chi connectivity index (χ1) is 9.74. The fourth-order valence-corrected chi connectivity index (χ4v) is 2.19. The number of anilines is 1. The van der Waals surface area contributed by atoms with Gasteiger partial charge >= 0.3 is 0 Å². The molecular weight excluding hydrogens is 261 g/mol. The molecule has 6 heteroatoms. The van der Waals surface area contributed by atoms with E-state index in [0.29, 0.717) is 6.42 Å². The molecule has 2 heterocycles. The molecule has 5 nitrogen and oxygen atoms in total. The first-order valence-electron chi connectivity index (χ1n) is 6.34. The van der Waals surface area contributed by atoms with Crippen LogP contribution in [-0.4, -0.2) is 11.9 Å². The number of carbonyl (C=O) groups is 1. The molecule has 0 radical (unpaired) electrons. The molecular formula is C14H14FN3O2. The maximum atomic E-state index is 13.5. The number of benzene rings is 1. The van der Waals surface area contributed by atoms with E-state index in [4.69, 9.17) is 4.42 Å². The van der Waals surface area contributed by atoms with Crippen LogP contribution in [0.2, 0.25) is 0 Å². The third-order valence-corrected chi connectivity index (χ3v) is 3.24. The van der Waals surface area contributed by atoms with Crippen LogP contribution in [0.3, 0.4) is 0 Å². The minimum atomic E-state index is -0.450. The van der Waals surface area contributed by atoms with Crippen molar-refractivity contribution < 1.29 is 13.6 Å². The van der Waals surface area contributed by atoms with Crippen LogP contribution in [0, 0.1) is 5.82 Å². The zero-order chi connectivity index (χ0) is 13.9. The van der Waals surface area contributed by atoms with Gasteiger partial charge in [-0.3, -0.25) is 4.79 Å². The fraction of sp³-hybridized carbons (Fsp3) is 0.214. The van der Waals surface area contributed by atoms with Gasteiger partial charge in [0.25, 0.3) is 0 Å². The van der Waals surface area contributed by atoms with Crippen molar-refractivity contribution in [1.29, 1.82) is 0 Å². The Hall–Kier alpha value is -2.18. The van der Waals surface area contributed by atoms with Crippen molar-refractivity contribution >= 4 is 11.6 Å². The summed E-state index contributed by atoms with van der Waals surface area (Å²) in [5.41, 5.74) is 6.06. The molecule has 1 aliphatic rings. The predicted molar refractivity (Wildman–Crippen MR) is 71.2 cm³/mol. The van der Waals surface area contributed by atoms with E-state index >= 15 is 0 Å². The molecule has 1 aromatic carbocycles. The molecule has 1 aromatic heterocycles. The average molecular weight is 275 g/mol. The van der Waals surface area contributed by atoms with Gasteiger partial charge in [0.1, 0.15) is 17.6 Å². The molecule has 3 N–H and O–H groups in total. The Labute approximate surface area is 115 Å². The second-order valence-corrected chi connectivity index (χ2v) is 4.61. The second kappa shape index (κ2) is 5.44. The summed E-state index contributed by atoms with van der Waals surface area (Å²) in [6, 6.07) is 9.21. The summed E-state index contributed by atoms with van der Waals surface area (Å²) in [5.74, 6) is 0.0322. The quantitative estimate of drug-likeness (QED) is 0.801. The molecule has 0 spiro atoms. The summed E-state index contributed by atoms with van der Waals surface area (Å²) in [4.78, 5) is 12.1. The third-order valence-electron chi connectivity index (χ3n) is 3.24. The predicted octanol–water partition coefficient (Wildman–Crippen LogP) is 1.96. The summed E-state index contributed by atoms with van der Waals surface area (Å²) in [6.45, 7) is 0. The molecule has 3 rings (SSSR count). The number of rotatable bonds is 3. The molecule has 1 fully saturated rings. The van der Waals surface area contributed by atoms with E-state index in [0.717, 1.165) is 5.76 Å². The smallest absolute Gasteiger partial charge is 0.243 e. The van der Waals surface area contributed by atoms with Gasteiger partial charge in [-0.1, -0.05) is 12.1 Å². The van der Waals surface area contributed by atoms with Crippen molar-refractivity contribution in [2.75, 3.05) is 5.32 Å². The number of furan rings is 1. The van der Waals surface area contributed by atoms with Gasteiger partial charge in [0.05, 0.1) is 18.0 Å². The van der Waals surface area contributed by atoms with Crippen molar-refractivity contribution in [2.45, 2.75) is 18.5 Å². The molecule has 104 valence electrons. The van der Waals surface area contributed by atoms with Gasteiger partial charge in [0.15, 0.2) is 0 Å². The van der Waals surface area contributed by atoms with Gasteiger partial charge in [0, 0.05) is 0 Å². The number of halogens is 1. The lowest BCUT2D eigenvalue weighted by Crippen LogP contribution is -2.39. The van der Waals surface area contributed by atoms with Crippen LogP contribution in [0.1, 0.15) is 18.2 Å². The van der Waals surface area contributed by atoms with Crippen LogP contribution in [0.5, 0.6) is 0 Å². The molecule has 2 atom stereocenters. The summed E-state index contributed by atoms with van der Waals surface area (Å²) >= 11 is 0. The maximum absolute atomic E-state index is 13.5. The van der Waals surface area contributed by atoms with Crippen LogP contribution in [0.25, 0.3) is 0 Å². The first-order valence-corrected chi connectivity index (χ1v) is 6.34. The van der Waals surface area contributed by atoms with Gasteiger partial charge in [-0.05, 0) is 30.7 Å². The van der Waals surface area contributed by atoms with Crippen molar-refractivity contribution in [3.63, 3.8) is 0 Å². The van der Waals surface area contributed by atoms with Crippen LogP contribution < -0.4 is 16.2 Å². The number of hydrogen-bond acceptors (Lipinski definition) is 4. The van der Waals surface area contributed by atoms with Gasteiger partial charge in [0.2, 0.25) is 5.91 Å². The van der Waals surface area contributed by atoms with E-state index < -0.39 is 11.9 Å². The highest BCUT2D eigenvalue weighted by molar-refractivity contribution is 5.95. The van der Waals surface area contributed by atoms with E-state index in [1.807, 2.05) is 6.07 Å². The van der Waals surface area contributed by atoms with Gasteiger partial charge in [-0.2, -0.15) is 0 Å². The maximum Gasteiger partial charge on any atom is 0.243 e. The number of amides is 1. The summed E-state index contributed by atoms with van der Waals surface area (Å²) in [5, 5.41) is 2.57. The first kappa shape index (κ1) is 12.8. The molecule has 0 aliphatic carbocycles. The number of hydrazine groups is 1. The summed E-state index contributed by atoms with van der Waals surface area (Å²) < 4.78 is 18.8. The fourth-order valence-electron chi connectivity index (χ4n) is 2.19. The second-order valence-electron chi connectivity index (χ2n) is 4.61. The van der Waals surface area contributed by atoms with E-state index in [2.05, 4.69) is 16.2 Å². The molecule has 2 aromatic rings. The lowest BCUT2D eigenvalue weighted by Gasteiger charge is -2.10. The number of para-hydroxylation sites is 1. The van der Waals surface area contributed by atoms with Crippen molar-refractivity contribution in [3.05, 3.63) is 54.2 Å². The molecule has 0 saturated carbocycles. The Morgan fingerprint density at radius 2 is 2.10 bits per heavy atom. The third kappa shape index (κ3) is 2.56. The average Bonchev–Trinajstić information content (AvgIpc) is 3.11. The molecule has 1 amide bonds. The molecule has 0 bridgehead atoms. The number of nitrogens with one attached hydrogen (secondary N) is 3. The topological polar surface area (TPSA) is 66.3 Å². The number of carbonyl (C=O) groups excluding carboxylic acids is 1. The standard InChI is InChI=1S/C14H14FN3O2/c15-9-4-1-2-5-10(9)16-14(19)12-8-11(17-18-12)13-6-3-7-20-13/h1-7,11-12,17-18H,8H2,(H,16,19). The van der Waals surface area contributed by atoms with Crippen LogP contribution in [-0.2, 0) is 4.79 Å². The molecule has 20 heavy (non-hydrogen) atoms. The monoisotopic (exact) mass is 275 g/mol. The Bertz CT molecular complexity index is 600. The van der Waals surface area contributed by atoms with Crippen molar-refractivity contribution in [3.8, 4) is 0 Å². The van der Waals surface area contributed by atoms with Crippen LogP contribution >= 0.6 is 0 Å². The SMILES string of the molecule is O=C(Nc1ccccc1F)C1CC(c2ccco2)NN1. The van der Waals surface area contributed by atoms with Crippen LogP contribution in [0.15, 0.2) is 47.1 Å². The van der Waals surface area contributed by atoms with E-state index in [9.17, 15) is 9.18 Å². The minimum absolute atomic E-state index is 0.0682. The minimum Gasteiger partial charge on any atom is -0.468 e. The Morgan fingerprint density at radius 1 is 1.25 bits per heavy atom. The zero-order valence-corrected chi connectivity index (χ0v) is 10.6. The van der Waals surface area contributed by atoms with Crippen LogP contribution in [0.4, 0.5) is 10.1 Å². The highest BCUT2D eigenvalue weighted by Gasteiger charge is 2.31. The largest absolute Gasteiger partial charge is 0.468 e. The van der Waals surface area contributed by atoms with E-state index in [1.165, 1.54) is 12.1 Å². The van der Waals surface area contributed by atoms with Gasteiger partial charge in [-0.15, -0.1) is 0 Å². The van der Waals surface area contributed by atoms with E-state index in [-0.39, 0.29) is 17.6 Å². The van der Waals surface area contributed by atoms with Gasteiger partial charge in [-0.25, -0.2) is 15.2 Å².